The first-order chi connectivity index (χ1) is 9.99. The standard InChI is InChI=1S/C15H21N5O/c1-8-9(2)18-14(16)12-13(8)20(10(3)19-12)7-6-17-15(21)11-4-5-11/h11H,4-7H2,1-3H3,(H2,16,18)(H,17,21). The third-order valence-electron chi connectivity index (χ3n) is 4.17. The number of nitrogens with zero attached hydrogens (tertiary/aromatic N) is 3. The first-order valence-electron chi connectivity index (χ1n) is 7.36. The number of carbonyl (C=O) groups excluding carboxylic acids is 1. The quantitative estimate of drug-likeness (QED) is 0.891. The van der Waals surface area contributed by atoms with E-state index in [2.05, 4.69) is 19.9 Å². The van der Waals surface area contributed by atoms with E-state index in [9.17, 15) is 4.79 Å². The van der Waals surface area contributed by atoms with Crippen molar-refractivity contribution in [1.29, 1.82) is 0 Å². The molecule has 112 valence electrons. The molecule has 1 fully saturated rings. The topological polar surface area (TPSA) is 85.8 Å². The Kier molecular flexibility index (Phi) is 3.31. The molecule has 21 heavy (non-hydrogen) atoms. The number of amides is 1. The first-order valence-corrected chi connectivity index (χ1v) is 7.36. The van der Waals surface area contributed by atoms with Crippen molar-refractivity contribution in [1.82, 2.24) is 19.9 Å². The number of rotatable bonds is 4. The molecule has 0 unspecified atom stereocenters. The second kappa shape index (κ2) is 5.02. The van der Waals surface area contributed by atoms with Gasteiger partial charge in [0.05, 0.1) is 5.52 Å². The van der Waals surface area contributed by atoms with Gasteiger partial charge >= 0.3 is 0 Å². The molecule has 0 aromatic carbocycles. The van der Waals surface area contributed by atoms with Crippen LogP contribution in [0.2, 0.25) is 0 Å². The van der Waals surface area contributed by atoms with Gasteiger partial charge in [-0.05, 0) is 39.2 Å². The summed E-state index contributed by atoms with van der Waals surface area (Å²) in [5, 5.41) is 2.99. The molecule has 3 N–H and O–H groups in total. The van der Waals surface area contributed by atoms with Crippen LogP contribution in [0.3, 0.4) is 0 Å². The molecule has 1 aliphatic rings. The maximum Gasteiger partial charge on any atom is 0.223 e. The molecular weight excluding hydrogens is 266 g/mol. The summed E-state index contributed by atoms with van der Waals surface area (Å²) in [5.41, 5.74) is 9.77. The maximum atomic E-state index is 11.7. The highest BCUT2D eigenvalue weighted by Gasteiger charge is 2.29. The Balaban J connectivity index is 1.87. The predicted octanol–water partition coefficient (Wildman–Crippen LogP) is 1.46. The molecule has 6 heteroatoms. The number of aromatic nitrogens is 3. The fraction of sp³-hybridized carbons (Fsp3) is 0.533. The maximum absolute atomic E-state index is 11.7. The van der Waals surface area contributed by atoms with Crippen LogP contribution >= 0.6 is 0 Å². The van der Waals surface area contributed by atoms with Crippen LogP contribution in [0.4, 0.5) is 5.82 Å². The summed E-state index contributed by atoms with van der Waals surface area (Å²) < 4.78 is 2.11. The number of carbonyl (C=O) groups is 1. The number of hydrogen-bond donors (Lipinski definition) is 2. The number of nitrogens with two attached hydrogens (primary N) is 1. The highest BCUT2D eigenvalue weighted by atomic mass is 16.2. The Bertz CT molecular complexity index is 715. The van der Waals surface area contributed by atoms with Crippen LogP contribution < -0.4 is 11.1 Å². The molecule has 0 aliphatic heterocycles. The number of fused-ring (bicyclic) bond motifs is 1. The van der Waals surface area contributed by atoms with Gasteiger partial charge in [-0.2, -0.15) is 0 Å². The van der Waals surface area contributed by atoms with E-state index < -0.39 is 0 Å². The second-order valence-corrected chi connectivity index (χ2v) is 5.78. The van der Waals surface area contributed by atoms with Gasteiger partial charge in [-0.25, -0.2) is 9.97 Å². The van der Waals surface area contributed by atoms with E-state index >= 15 is 0 Å². The first kappa shape index (κ1) is 13.9. The minimum atomic E-state index is 0.172. The lowest BCUT2D eigenvalue weighted by Gasteiger charge is -2.11. The number of nitrogens with one attached hydrogen (secondary N) is 1. The summed E-state index contributed by atoms with van der Waals surface area (Å²) >= 11 is 0. The summed E-state index contributed by atoms with van der Waals surface area (Å²) in [4.78, 5) is 20.5. The Hall–Kier alpha value is -2.11. The van der Waals surface area contributed by atoms with Gasteiger partial charge in [0.25, 0.3) is 0 Å². The molecule has 3 rings (SSSR count). The Morgan fingerprint density at radius 2 is 2.05 bits per heavy atom. The number of imidazole rings is 1. The van der Waals surface area contributed by atoms with E-state index in [0.717, 1.165) is 41.0 Å². The molecule has 2 aromatic heterocycles. The fourth-order valence-electron chi connectivity index (χ4n) is 2.67. The molecule has 1 aliphatic carbocycles. The van der Waals surface area contributed by atoms with Gasteiger partial charge in [-0.3, -0.25) is 4.79 Å². The molecule has 0 spiro atoms. The van der Waals surface area contributed by atoms with Crippen molar-refractivity contribution in [3.8, 4) is 0 Å². The monoisotopic (exact) mass is 287 g/mol. The van der Waals surface area contributed by atoms with Crippen molar-refractivity contribution in [2.75, 3.05) is 12.3 Å². The van der Waals surface area contributed by atoms with Gasteiger partial charge in [-0.1, -0.05) is 0 Å². The number of anilines is 1. The van der Waals surface area contributed by atoms with E-state index in [4.69, 9.17) is 5.73 Å². The summed E-state index contributed by atoms with van der Waals surface area (Å²) in [6, 6.07) is 0. The summed E-state index contributed by atoms with van der Waals surface area (Å²) in [7, 11) is 0. The summed E-state index contributed by atoms with van der Waals surface area (Å²) in [5.74, 6) is 1.78. The number of aryl methyl sites for hydroxylation is 3. The predicted molar refractivity (Wildman–Crippen MR) is 81.9 cm³/mol. The average Bonchev–Trinajstić information content (AvgIpc) is 3.22. The highest BCUT2D eigenvalue weighted by Crippen LogP contribution is 2.29. The molecule has 1 saturated carbocycles. The van der Waals surface area contributed by atoms with Gasteiger partial charge in [-0.15, -0.1) is 0 Å². The molecule has 2 heterocycles. The SMILES string of the molecule is Cc1nc(N)c2nc(C)n(CCNC(=O)C3CC3)c2c1C. The molecule has 0 saturated heterocycles. The molecule has 0 radical (unpaired) electrons. The van der Waals surface area contributed by atoms with Crippen molar-refractivity contribution in [3.63, 3.8) is 0 Å². The summed E-state index contributed by atoms with van der Waals surface area (Å²) in [6.45, 7) is 7.25. The molecule has 6 nitrogen and oxygen atoms in total. The van der Waals surface area contributed by atoms with Crippen molar-refractivity contribution in [2.45, 2.75) is 40.2 Å². The number of hydrogen-bond acceptors (Lipinski definition) is 4. The van der Waals surface area contributed by atoms with E-state index in [1.165, 1.54) is 0 Å². The lowest BCUT2D eigenvalue weighted by Crippen LogP contribution is -2.28. The second-order valence-electron chi connectivity index (χ2n) is 5.78. The molecule has 0 atom stereocenters. The zero-order valence-corrected chi connectivity index (χ0v) is 12.7. The third kappa shape index (κ3) is 2.46. The minimum absolute atomic E-state index is 0.172. The van der Waals surface area contributed by atoms with Crippen LogP contribution in [0.25, 0.3) is 11.0 Å². The average molecular weight is 287 g/mol. The molecule has 1 amide bonds. The van der Waals surface area contributed by atoms with Crippen LogP contribution in [-0.4, -0.2) is 27.0 Å². The zero-order valence-electron chi connectivity index (χ0n) is 12.7. The van der Waals surface area contributed by atoms with E-state index in [1.54, 1.807) is 0 Å². The molecule has 2 aromatic rings. The summed E-state index contributed by atoms with van der Waals surface area (Å²) in [6.07, 6.45) is 2.05. The van der Waals surface area contributed by atoms with Gasteiger partial charge < -0.3 is 15.6 Å². The van der Waals surface area contributed by atoms with Crippen LogP contribution in [0.1, 0.15) is 29.9 Å². The van der Waals surface area contributed by atoms with E-state index in [-0.39, 0.29) is 11.8 Å². The largest absolute Gasteiger partial charge is 0.382 e. The van der Waals surface area contributed by atoms with Crippen LogP contribution in [0.5, 0.6) is 0 Å². The molecule has 0 bridgehead atoms. The van der Waals surface area contributed by atoms with Crippen molar-refractivity contribution in [3.05, 3.63) is 17.1 Å². The van der Waals surface area contributed by atoms with Gasteiger partial charge in [0.1, 0.15) is 11.3 Å². The smallest absolute Gasteiger partial charge is 0.223 e. The van der Waals surface area contributed by atoms with Gasteiger partial charge in [0, 0.05) is 24.7 Å². The van der Waals surface area contributed by atoms with Crippen molar-refractivity contribution >= 4 is 22.8 Å². The number of pyridine rings is 1. The lowest BCUT2D eigenvalue weighted by molar-refractivity contribution is -0.122. The van der Waals surface area contributed by atoms with Crippen LogP contribution in [0, 0.1) is 26.7 Å². The van der Waals surface area contributed by atoms with Crippen molar-refractivity contribution in [2.24, 2.45) is 5.92 Å². The minimum Gasteiger partial charge on any atom is -0.382 e. The van der Waals surface area contributed by atoms with Gasteiger partial charge in [0.15, 0.2) is 5.82 Å². The Morgan fingerprint density at radius 1 is 1.33 bits per heavy atom. The third-order valence-corrected chi connectivity index (χ3v) is 4.17. The molecular formula is C15H21N5O. The van der Waals surface area contributed by atoms with Crippen LogP contribution in [0.15, 0.2) is 0 Å². The van der Waals surface area contributed by atoms with Crippen LogP contribution in [-0.2, 0) is 11.3 Å². The Labute approximate surface area is 123 Å². The highest BCUT2D eigenvalue weighted by molar-refractivity contribution is 5.88. The normalized spacial score (nSPS) is 14.6. The lowest BCUT2D eigenvalue weighted by atomic mass is 10.2. The fourth-order valence-corrected chi connectivity index (χ4v) is 2.67. The number of nitrogen functional groups attached to an aromatic ring is 1. The zero-order chi connectivity index (χ0) is 15.1. The Morgan fingerprint density at radius 3 is 2.71 bits per heavy atom. The van der Waals surface area contributed by atoms with Gasteiger partial charge in [0.2, 0.25) is 5.91 Å². The van der Waals surface area contributed by atoms with E-state index in [0.29, 0.717) is 18.9 Å². The van der Waals surface area contributed by atoms with Crippen molar-refractivity contribution < 1.29 is 4.79 Å². The van der Waals surface area contributed by atoms with E-state index in [1.807, 2.05) is 20.8 Å².